The van der Waals surface area contributed by atoms with Crippen LogP contribution in [0.3, 0.4) is 0 Å². The monoisotopic (exact) mass is 460 g/mol. The van der Waals surface area contributed by atoms with Crippen LogP contribution in [0.2, 0.25) is 0 Å². The number of benzene rings is 2. The van der Waals surface area contributed by atoms with Crippen molar-refractivity contribution >= 4 is 29.2 Å². The van der Waals surface area contributed by atoms with E-state index in [4.69, 9.17) is 9.47 Å². The molecule has 1 N–H and O–H groups in total. The highest BCUT2D eigenvalue weighted by Gasteiger charge is 2.46. The van der Waals surface area contributed by atoms with Gasteiger partial charge in [0.05, 0.1) is 38.6 Å². The smallest absolute Gasteiger partial charge is 0.332 e. The van der Waals surface area contributed by atoms with Gasteiger partial charge >= 0.3 is 6.03 Å². The Bertz CT molecular complexity index is 1180. The van der Waals surface area contributed by atoms with Crippen LogP contribution in [0.15, 0.2) is 72.9 Å². The van der Waals surface area contributed by atoms with Crippen LogP contribution in [0.25, 0.3) is 0 Å². The maximum absolute atomic E-state index is 13.4. The summed E-state index contributed by atoms with van der Waals surface area (Å²) in [5, 5.41) is 2.77. The van der Waals surface area contributed by atoms with Gasteiger partial charge in [-0.2, -0.15) is 0 Å². The van der Waals surface area contributed by atoms with Crippen molar-refractivity contribution < 1.29 is 23.9 Å². The molecule has 0 unspecified atom stereocenters. The molecule has 1 fully saturated rings. The number of urea groups is 1. The van der Waals surface area contributed by atoms with Gasteiger partial charge in [-0.3, -0.25) is 14.6 Å². The summed E-state index contributed by atoms with van der Waals surface area (Å²) in [4.78, 5) is 46.3. The predicted octanol–water partition coefficient (Wildman–Crippen LogP) is 3.47. The highest BCUT2D eigenvalue weighted by Crippen LogP contribution is 2.30. The Morgan fingerprint density at radius 2 is 1.74 bits per heavy atom. The fourth-order valence-electron chi connectivity index (χ4n) is 3.73. The Kier molecular flexibility index (Phi) is 6.72. The molecule has 0 saturated carbocycles. The van der Waals surface area contributed by atoms with Crippen LogP contribution in [0.5, 0.6) is 11.5 Å². The third kappa shape index (κ3) is 4.83. The minimum absolute atomic E-state index is 0.0896. The summed E-state index contributed by atoms with van der Waals surface area (Å²) in [5.74, 6) is 0.286. The zero-order valence-electron chi connectivity index (χ0n) is 18.8. The van der Waals surface area contributed by atoms with Gasteiger partial charge in [-0.25, -0.2) is 9.69 Å². The molecular formula is C25H24N4O5. The van der Waals surface area contributed by atoms with E-state index in [1.54, 1.807) is 80.0 Å². The first-order chi connectivity index (χ1) is 16.5. The number of hydrogen-bond donors (Lipinski definition) is 1. The van der Waals surface area contributed by atoms with Crippen molar-refractivity contribution in [3.8, 4) is 11.5 Å². The van der Waals surface area contributed by atoms with Crippen molar-refractivity contribution in [2.75, 3.05) is 24.4 Å². The highest BCUT2D eigenvalue weighted by molar-refractivity contribution is 6.22. The number of methoxy groups -OCH3 is 2. The average molecular weight is 460 g/mol. The van der Waals surface area contributed by atoms with Crippen molar-refractivity contribution in [1.29, 1.82) is 0 Å². The van der Waals surface area contributed by atoms with Crippen LogP contribution in [-0.2, 0) is 16.1 Å². The van der Waals surface area contributed by atoms with E-state index in [-0.39, 0.29) is 13.0 Å². The number of carbonyl (C=O) groups excluding carboxylic acids is 3. The quantitative estimate of drug-likeness (QED) is 0.517. The Hall–Kier alpha value is -4.40. The van der Waals surface area contributed by atoms with Gasteiger partial charge in [0, 0.05) is 18.0 Å². The molecule has 1 saturated heterocycles. The predicted molar refractivity (Wildman–Crippen MR) is 126 cm³/mol. The van der Waals surface area contributed by atoms with Crippen molar-refractivity contribution in [3.05, 3.63) is 78.6 Å². The number of imide groups is 1. The zero-order chi connectivity index (χ0) is 24.1. The SMILES string of the molecule is COc1ccc(NC(=O)C[C@@H]2C(=O)N(c3cccc(OC)c3)C(=O)N2Cc2ccccn2)cc1. The van der Waals surface area contributed by atoms with E-state index in [2.05, 4.69) is 10.3 Å². The topological polar surface area (TPSA) is 101 Å². The summed E-state index contributed by atoms with van der Waals surface area (Å²) in [5.41, 5.74) is 1.54. The zero-order valence-corrected chi connectivity index (χ0v) is 18.8. The molecule has 0 aliphatic carbocycles. The van der Waals surface area contributed by atoms with Gasteiger partial charge < -0.3 is 19.7 Å². The number of amides is 4. The van der Waals surface area contributed by atoms with Gasteiger partial charge in [-0.1, -0.05) is 12.1 Å². The van der Waals surface area contributed by atoms with Gasteiger partial charge in [0.25, 0.3) is 5.91 Å². The maximum Gasteiger partial charge on any atom is 0.332 e. The summed E-state index contributed by atoms with van der Waals surface area (Å²) in [6.07, 6.45) is 1.41. The van der Waals surface area contributed by atoms with E-state index in [1.807, 2.05) is 0 Å². The molecule has 2 heterocycles. The Balaban J connectivity index is 1.59. The van der Waals surface area contributed by atoms with Crippen LogP contribution in [-0.4, -0.2) is 48.0 Å². The van der Waals surface area contributed by atoms with Gasteiger partial charge in [0.15, 0.2) is 0 Å². The minimum Gasteiger partial charge on any atom is -0.497 e. The normalized spacial score (nSPS) is 15.4. The molecule has 174 valence electrons. The molecule has 0 radical (unpaired) electrons. The van der Waals surface area contributed by atoms with Crippen LogP contribution < -0.4 is 19.7 Å². The third-order valence-electron chi connectivity index (χ3n) is 5.44. The van der Waals surface area contributed by atoms with E-state index in [9.17, 15) is 14.4 Å². The van der Waals surface area contributed by atoms with Crippen molar-refractivity contribution in [1.82, 2.24) is 9.88 Å². The Labute approximate surface area is 196 Å². The number of ether oxygens (including phenoxy) is 2. The van der Waals surface area contributed by atoms with Crippen LogP contribution in [0.4, 0.5) is 16.2 Å². The lowest BCUT2D eigenvalue weighted by Crippen LogP contribution is -2.37. The number of pyridine rings is 1. The van der Waals surface area contributed by atoms with Crippen LogP contribution >= 0.6 is 0 Å². The summed E-state index contributed by atoms with van der Waals surface area (Å²) >= 11 is 0. The summed E-state index contributed by atoms with van der Waals surface area (Å²) in [7, 11) is 3.06. The molecule has 1 aliphatic rings. The van der Waals surface area contributed by atoms with Gasteiger partial charge in [0.1, 0.15) is 17.5 Å². The lowest BCUT2D eigenvalue weighted by molar-refractivity contribution is -0.124. The molecule has 9 nitrogen and oxygen atoms in total. The van der Waals surface area contributed by atoms with Crippen LogP contribution in [0.1, 0.15) is 12.1 Å². The van der Waals surface area contributed by atoms with E-state index >= 15 is 0 Å². The number of hydrogen-bond acceptors (Lipinski definition) is 6. The number of carbonyl (C=O) groups is 3. The number of aromatic nitrogens is 1. The molecule has 0 spiro atoms. The van der Waals surface area contributed by atoms with Crippen molar-refractivity contribution in [3.63, 3.8) is 0 Å². The molecule has 1 atom stereocenters. The molecule has 2 aromatic carbocycles. The van der Waals surface area contributed by atoms with E-state index in [1.165, 1.54) is 12.0 Å². The number of nitrogens with zero attached hydrogens (tertiary/aromatic N) is 3. The first-order valence-corrected chi connectivity index (χ1v) is 10.6. The molecular weight excluding hydrogens is 436 g/mol. The second-order valence-electron chi connectivity index (χ2n) is 7.60. The second kappa shape index (κ2) is 10.0. The van der Waals surface area contributed by atoms with Crippen molar-refractivity contribution in [2.24, 2.45) is 0 Å². The highest BCUT2D eigenvalue weighted by atomic mass is 16.5. The second-order valence-corrected chi connectivity index (χ2v) is 7.60. The molecule has 4 amide bonds. The average Bonchev–Trinajstić information content (AvgIpc) is 3.09. The fraction of sp³-hybridized carbons (Fsp3) is 0.200. The molecule has 9 heteroatoms. The summed E-state index contributed by atoms with van der Waals surface area (Å²) in [6.45, 7) is 0.0896. The largest absolute Gasteiger partial charge is 0.497 e. The van der Waals surface area contributed by atoms with E-state index in [0.29, 0.717) is 28.6 Å². The van der Waals surface area contributed by atoms with Gasteiger partial charge in [-0.15, -0.1) is 0 Å². The Morgan fingerprint density at radius 1 is 0.971 bits per heavy atom. The van der Waals surface area contributed by atoms with E-state index in [0.717, 1.165) is 4.90 Å². The molecule has 1 aliphatic heterocycles. The molecule has 3 aromatic rings. The molecule has 1 aromatic heterocycles. The standard InChI is InChI=1S/C25H24N4O5/c1-33-20-11-9-17(10-12-20)27-23(30)15-22-24(31)29(19-7-5-8-21(14-19)34-2)25(32)28(22)16-18-6-3-4-13-26-18/h3-14,22H,15-16H2,1-2H3,(H,27,30)/t22-/m1/s1. The number of nitrogens with one attached hydrogen (secondary N) is 1. The molecule has 4 rings (SSSR count). The van der Waals surface area contributed by atoms with Crippen molar-refractivity contribution in [2.45, 2.75) is 19.0 Å². The van der Waals surface area contributed by atoms with Crippen LogP contribution in [0, 0.1) is 0 Å². The first kappa shape index (κ1) is 22.8. The summed E-state index contributed by atoms with van der Waals surface area (Å²) in [6, 6.07) is 17.3. The molecule has 34 heavy (non-hydrogen) atoms. The fourth-order valence-corrected chi connectivity index (χ4v) is 3.73. The number of anilines is 2. The van der Waals surface area contributed by atoms with Gasteiger partial charge in [0.2, 0.25) is 5.91 Å². The third-order valence-corrected chi connectivity index (χ3v) is 5.44. The van der Waals surface area contributed by atoms with Gasteiger partial charge in [-0.05, 0) is 48.5 Å². The number of rotatable bonds is 8. The molecule has 0 bridgehead atoms. The first-order valence-electron chi connectivity index (χ1n) is 10.6. The Morgan fingerprint density at radius 3 is 2.41 bits per heavy atom. The lowest BCUT2D eigenvalue weighted by atomic mass is 10.1. The van der Waals surface area contributed by atoms with E-state index < -0.39 is 23.9 Å². The lowest BCUT2D eigenvalue weighted by Gasteiger charge is -2.21. The maximum atomic E-state index is 13.4. The minimum atomic E-state index is -0.987. The summed E-state index contributed by atoms with van der Waals surface area (Å²) < 4.78 is 10.4.